The number of aliphatic hydroxyl groups excluding tert-OH is 1. The molecule has 0 spiro atoms. The van der Waals surface area contributed by atoms with E-state index in [-0.39, 0.29) is 17.5 Å². The fraction of sp³-hybridized carbons (Fsp3) is 0.455. The molecule has 102 valence electrons. The highest BCUT2D eigenvalue weighted by molar-refractivity contribution is 7.89. The lowest BCUT2D eigenvalue weighted by atomic mass is 10.2. The summed E-state index contributed by atoms with van der Waals surface area (Å²) in [4.78, 5) is 1.88. The van der Waals surface area contributed by atoms with Crippen molar-refractivity contribution in [1.29, 1.82) is 0 Å². The summed E-state index contributed by atoms with van der Waals surface area (Å²) in [5.41, 5.74) is 6.87. The number of aliphatic hydroxyl groups is 1. The lowest BCUT2D eigenvalue weighted by Crippen LogP contribution is -2.32. The van der Waals surface area contributed by atoms with Crippen LogP contribution in [0.2, 0.25) is 0 Å². The van der Waals surface area contributed by atoms with Gasteiger partial charge in [0.2, 0.25) is 10.0 Å². The predicted octanol–water partition coefficient (Wildman–Crippen LogP) is -0.00610. The van der Waals surface area contributed by atoms with Gasteiger partial charge in [0.1, 0.15) is 0 Å². The molecular formula is C11H19N3O3S. The van der Waals surface area contributed by atoms with Crippen LogP contribution < -0.4 is 15.4 Å². The number of nitrogen functional groups attached to an aromatic ring is 1. The maximum absolute atomic E-state index is 11.7. The van der Waals surface area contributed by atoms with Gasteiger partial charge in [-0.2, -0.15) is 0 Å². The molecule has 0 heterocycles. The number of likely N-dealkylation sites (N-methyl/N-ethyl adjacent to an activating group) is 1. The van der Waals surface area contributed by atoms with Gasteiger partial charge in [-0.3, -0.25) is 0 Å². The molecular weight excluding hydrogens is 254 g/mol. The summed E-state index contributed by atoms with van der Waals surface area (Å²) >= 11 is 0. The Morgan fingerprint density at radius 2 is 2.11 bits per heavy atom. The van der Waals surface area contributed by atoms with E-state index in [4.69, 9.17) is 10.8 Å². The molecule has 0 amide bonds. The molecule has 0 radical (unpaired) electrons. The van der Waals surface area contributed by atoms with E-state index >= 15 is 0 Å². The van der Waals surface area contributed by atoms with E-state index in [0.717, 1.165) is 0 Å². The number of anilines is 2. The molecule has 1 unspecified atom stereocenters. The van der Waals surface area contributed by atoms with Crippen molar-refractivity contribution in [3.8, 4) is 0 Å². The van der Waals surface area contributed by atoms with Gasteiger partial charge in [0.05, 0.1) is 22.9 Å². The molecule has 1 rings (SSSR count). The number of sulfonamides is 1. The normalized spacial score (nSPS) is 13.3. The van der Waals surface area contributed by atoms with Crippen molar-refractivity contribution in [2.24, 2.45) is 0 Å². The van der Waals surface area contributed by atoms with E-state index in [1.165, 1.54) is 19.2 Å². The fourth-order valence-electron chi connectivity index (χ4n) is 1.47. The third-order valence-corrected chi connectivity index (χ3v) is 4.30. The Labute approximate surface area is 107 Å². The van der Waals surface area contributed by atoms with E-state index in [1.807, 2.05) is 6.92 Å². The zero-order valence-electron chi connectivity index (χ0n) is 10.7. The molecule has 7 heteroatoms. The lowest BCUT2D eigenvalue weighted by molar-refractivity contribution is 0.270. The number of hydrogen-bond acceptors (Lipinski definition) is 5. The minimum absolute atomic E-state index is 0.0427. The van der Waals surface area contributed by atoms with Crippen LogP contribution in [0.25, 0.3) is 0 Å². The Morgan fingerprint density at radius 1 is 1.50 bits per heavy atom. The summed E-state index contributed by atoms with van der Waals surface area (Å²) in [6.07, 6.45) is 0. The maximum atomic E-state index is 11.7. The second kappa shape index (κ2) is 5.55. The molecule has 4 N–H and O–H groups in total. The van der Waals surface area contributed by atoms with Crippen LogP contribution in [0.1, 0.15) is 6.92 Å². The molecule has 0 saturated heterocycles. The monoisotopic (exact) mass is 273 g/mol. The van der Waals surface area contributed by atoms with Crippen molar-refractivity contribution in [3.05, 3.63) is 18.2 Å². The van der Waals surface area contributed by atoms with Gasteiger partial charge >= 0.3 is 0 Å². The van der Waals surface area contributed by atoms with Crippen molar-refractivity contribution < 1.29 is 13.5 Å². The first kappa shape index (κ1) is 14.7. The van der Waals surface area contributed by atoms with Crippen molar-refractivity contribution >= 4 is 21.4 Å². The molecule has 0 aliphatic rings. The van der Waals surface area contributed by atoms with Crippen molar-refractivity contribution in [1.82, 2.24) is 4.72 Å². The van der Waals surface area contributed by atoms with Crippen LogP contribution in [0.3, 0.4) is 0 Å². The van der Waals surface area contributed by atoms with Crippen LogP contribution in [0.5, 0.6) is 0 Å². The Balaban J connectivity index is 3.25. The second-order valence-corrected chi connectivity index (χ2v) is 5.96. The van der Waals surface area contributed by atoms with Gasteiger partial charge in [0.15, 0.2) is 0 Å². The predicted molar refractivity (Wildman–Crippen MR) is 72.1 cm³/mol. The highest BCUT2D eigenvalue weighted by Crippen LogP contribution is 2.26. The van der Waals surface area contributed by atoms with Gasteiger partial charge in [0, 0.05) is 13.1 Å². The van der Waals surface area contributed by atoms with E-state index in [2.05, 4.69) is 4.72 Å². The first-order valence-corrected chi connectivity index (χ1v) is 6.98. The van der Waals surface area contributed by atoms with Crippen LogP contribution in [0, 0.1) is 0 Å². The number of rotatable bonds is 5. The van der Waals surface area contributed by atoms with E-state index in [1.54, 1.807) is 18.0 Å². The minimum Gasteiger partial charge on any atom is -0.397 e. The van der Waals surface area contributed by atoms with Crippen LogP contribution in [0.15, 0.2) is 23.1 Å². The maximum Gasteiger partial charge on any atom is 0.240 e. The number of hydrogen-bond donors (Lipinski definition) is 3. The third kappa shape index (κ3) is 2.92. The van der Waals surface area contributed by atoms with E-state index < -0.39 is 10.0 Å². The molecule has 0 aliphatic carbocycles. The highest BCUT2D eigenvalue weighted by atomic mass is 32.2. The second-order valence-electron chi connectivity index (χ2n) is 4.07. The van der Waals surface area contributed by atoms with Crippen LogP contribution >= 0.6 is 0 Å². The first-order valence-electron chi connectivity index (χ1n) is 5.50. The van der Waals surface area contributed by atoms with Crippen molar-refractivity contribution in [2.45, 2.75) is 17.9 Å². The summed E-state index contributed by atoms with van der Waals surface area (Å²) < 4.78 is 25.7. The summed E-state index contributed by atoms with van der Waals surface area (Å²) in [6.45, 7) is 1.78. The molecule has 0 fully saturated rings. The van der Waals surface area contributed by atoms with Crippen molar-refractivity contribution in [2.75, 3.05) is 31.3 Å². The third-order valence-electron chi connectivity index (χ3n) is 2.89. The first-order chi connectivity index (χ1) is 8.33. The average molecular weight is 273 g/mol. The number of nitrogens with zero attached hydrogens (tertiary/aromatic N) is 1. The van der Waals surface area contributed by atoms with E-state index in [0.29, 0.717) is 11.4 Å². The molecule has 0 bridgehead atoms. The Kier molecular flexibility index (Phi) is 4.55. The summed E-state index contributed by atoms with van der Waals surface area (Å²) in [5, 5.41) is 9.12. The zero-order valence-corrected chi connectivity index (χ0v) is 11.5. The summed E-state index contributed by atoms with van der Waals surface area (Å²) in [7, 11) is -0.393. The SMILES string of the molecule is CNS(=O)(=O)c1ccc(N)c(N(C)C(C)CO)c1. The average Bonchev–Trinajstić information content (AvgIpc) is 2.37. The van der Waals surface area contributed by atoms with Gasteiger partial charge < -0.3 is 15.7 Å². The smallest absolute Gasteiger partial charge is 0.240 e. The fourth-order valence-corrected chi connectivity index (χ4v) is 2.22. The van der Waals surface area contributed by atoms with Gasteiger partial charge in [0.25, 0.3) is 0 Å². The quantitative estimate of drug-likeness (QED) is 0.656. The number of nitrogens with two attached hydrogens (primary N) is 1. The molecule has 0 saturated carbocycles. The van der Waals surface area contributed by atoms with Crippen LogP contribution in [-0.2, 0) is 10.0 Å². The molecule has 1 aromatic carbocycles. The van der Waals surface area contributed by atoms with Crippen LogP contribution in [-0.4, -0.2) is 40.3 Å². The molecule has 1 aromatic rings. The topological polar surface area (TPSA) is 95.7 Å². The van der Waals surface area contributed by atoms with Gasteiger partial charge in [-0.05, 0) is 32.2 Å². The molecule has 0 aliphatic heterocycles. The molecule has 6 nitrogen and oxygen atoms in total. The van der Waals surface area contributed by atoms with Crippen molar-refractivity contribution in [3.63, 3.8) is 0 Å². The minimum atomic E-state index is -3.50. The molecule has 0 aromatic heterocycles. The zero-order chi connectivity index (χ0) is 13.9. The van der Waals surface area contributed by atoms with Gasteiger partial charge in [-0.15, -0.1) is 0 Å². The Morgan fingerprint density at radius 3 is 2.61 bits per heavy atom. The largest absolute Gasteiger partial charge is 0.397 e. The summed E-state index contributed by atoms with van der Waals surface area (Å²) in [6, 6.07) is 4.33. The molecule has 1 atom stereocenters. The molecule has 18 heavy (non-hydrogen) atoms. The summed E-state index contributed by atoms with van der Waals surface area (Å²) in [5.74, 6) is 0. The number of nitrogens with one attached hydrogen (secondary N) is 1. The van der Waals surface area contributed by atoms with Crippen LogP contribution in [0.4, 0.5) is 11.4 Å². The highest BCUT2D eigenvalue weighted by Gasteiger charge is 2.17. The lowest BCUT2D eigenvalue weighted by Gasteiger charge is -2.27. The Hall–Kier alpha value is -1.31. The standard InChI is InChI=1S/C11H19N3O3S/c1-8(7-15)14(3)11-6-9(4-5-10(11)12)18(16,17)13-2/h4-6,8,13,15H,7,12H2,1-3H3. The van der Waals surface area contributed by atoms with E-state index in [9.17, 15) is 8.42 Å². The Bertz CT molecular complexity index is 516. The number of benzene rings is 1. The van der Waals surface area contributed by atoms with Gasteiger partial charge in [-0.1, -0.05) is 0 Å². The van der Waals surface area contributed by atoms with Gasteiger partial charge in [-0.25, -0.2) is 13.1 Å².